The van der Waals surface area contributed by atoms with Crippen molar-refractivity contribution in [2.45, 2.75) is 24.0 Å². The number of ketones is 1. The minimum absolute atomic E-state index is 0.00487. The molecule has 31 heavy (non-hydrogen) atoms. The van der Waals surface area contributed by atoms with Gasteiger partial charge in [-0.25, -0.2) is 18.2 Å². The molecule has 9 heteroatoms. The van der Waals surface area contributed by atoms with Gasteiger partial charge >= 0.3 is 0 Å². The lowest BCUT2D eigenvalue weighted by molar-refractivity contribution is 0.0988. The molecule has 4 rings (SSSR count). The topological polar surface area (TPSA) is 86.8 Å². The number of rotatable bonds is 6. The van der Waals surface area contributed by atoms with E-state index in [4.69, 9.17) is 15.2 Å². The molecule has 1 fully saturated rings. The Morgan fingerprint density at radius 2 is 2.16 bits per heavy atom. The molecule has 0 spiro atoms. The summed E-state index contributed by atoms with van der Waals surface area (Å²) in [5.41, 5.74) is 3.06. The Hall–Kier alpha value is -2.94. The van der Waals surface area contributed by atoms with Gasteiger partial charge in [0.15, 0.2) is 11.5 Å². The molecule has 0 radical (unpaired) electrons. The molecule has 0 saturated carbocycles. The molecule has 0 aliphatic carbocycles. The minimum Gasteiger partial charge on any atom is -0.495 e. The van der Waals surface area contributed by atoms with Crippen molar-refractivity contribution >= 4 is 11.6 Å². The number of hydrogen-bond acceptors (Lipinski definition) is 6. The van der Waals surface area contributed by atoms with Crippen molar-refractivity contribution in [2.75, 3.05) is 27.0 Å². The number of nitrogens with two attached hydrogens (primary N) is 1. The minimum atomic E-state index is -2.38. The van der Waals surface area contributed by atoms with Crippen LogP contribution in [0.5, 0.6) is 5.75 Å². The van der Waals surface area contributed by atoms with Crippen molar-refractivity contribution in [3.63, 3.8) is 0 Å². The van der Waals surface area contributed by atoms with Gasteiger partial charge in [0.25, 0.3) is 0 Å². The summed E-state index contributed by atoms with van der Waals surface area (Å²) in [6.07, 6.45) is 1.17. The number of ether oxygens (including phenoxy) is 2. The maximum atomic E-state index is 14.9. The van der Waals surface area contributed by atoms with Crippen molar-refractivity contribution in [2.24, 2.45) is 16.6 Å². The largest absolute Gasteiger partial charge is 0.495 e. The number of amidine groups is 1. The van der Waals surface area contributed by atoms with Crippen LogP contribution in [-0.2, 0) is 16.7 Å². The van der Waals surface area contributed by atoms with Crippen molar-refractivity contribution < 1.29 is 27.4 Å². The molecule has 0 unspecified atom stereocenters. The summed E-state index contributed by atoms with van der Waals surface area (Å²) in [4.78, 5) is 20.9. The number of Topliss-reactive ketones (excluding diaryl/α,β-unsaturated/α-hetero) is 1. The number of alkyl halides is 2. The van der Waals surface area contributed by atoms with Gasteiger partial charge < -0.3 is 15.2 Å². The van der Waals surface area contributed by atoms with E-state index in [1.807, 2.05) is 0 Å². The highest BCUT2D eigenvalue weighted by Crippen LogP contribution is 2.48. The van der Waals surface area contributed by atoms with Crippen LogP contribution in [0, 0.1) is 11.7 Å². The van der Waals surface area contributed by atoms with Crippen LogP contribution < -0.4 is 10.5 Å². The van der Waals surface area contributed by atoms with Crippen LogP contribution in [0.15, 0.2) is 41.5 Å². The summed E-state index contributed by atoms with van der Waals surface area (Å²) in [6, 6.07) is 7.44. The molecule has 0 amide bonds. The molecule has 3 atom stereocenters. The Balaban J connectivity index is 1.67. The zero-order valence-electron chi connectivity index (χ0n) is 16.9. The number of halogens is 3. The number of aromatic nitrogens is 1. The summed E-state index contributed by atoms with van der Waals surface area (Å²) < 4.78 is 53.5. The van der Waals surface area contributed by atoms with Crippen LogP contribution in [0.2, 0.25) is 0 Å². The summed E-state index contributed by atoms with van der Waals surface area (Å²) in [7, 11) is 1.50. The summed E-state index contributed by atoms with van der Waals surface area (Å²) in [5, 5.41) is 0. The van der Waals surface area contributed by atoms with Crippen LogP contribution in [0.1, 0.15) is 28.0 Å². The Morgan fingerprint density at radius 3 is 2.84 bits per heavy atom. The Kier molecular flexibility index (Phi) is 5.47. The van der Waals surface area contributed by atoms with E-state index >= 15 is 0 Å². The number of carbonyl (C=O) groups excluding carboxylic acids is 1. The third-order valence-corrected chi connectivity index (χ3v) is 6.00. The number of carbonyl (C=O) groups is 1. The van der Waals surface area contributed by atoms with Crippen LogP contribution in [0.25, 0.3) is 0 Å². The lowest BCUT2D eigenvalue weighted by Gasteiger charge is -2.40. The van der Waals surface area contributed by atoms with Crippen molar-refractivity contribution in [1.29, 1.82) is 0 Å². The van der Waals surface area contributed by atoms with Crippen molar-refractivity contribution in [3.8, 4) is 5.75 Å². The molecular weight excluding hydrogens is 411 g/mol. The number of fused-ring (bicyclic) bond motifs is 1. The second kappa shape index (κ2) is 7.96. The standard InChI is InChI=1S/C22H22F3N3O3/c1-30-15-3-5-18(27-9-15)19(29)7-13-2-4-17(24)16(6-13)22-12-31-10-14(22)8-21(25,11-23)20(26)28-22/h2-6,9,14H,7-8,10-12H2,1H3,(H2,26,28)/t14-,21+,22+/m1/s1. The Bertz CT molecular complexity index is 1030. The van der Waals surface area contributed by atoms with Gasteiger partial charge in [-0.2, -0.15) is 0 Å². The van der Waals surface area contributed by atoms with Gasteiger partial charge in [0, 0.05) is 17.9 Å². The quantitative estimate of drug-likeness (QED) is 0.708. The van der Waals surface area contributed by atoms with E-state index in [0.29, 0.717) is 11.3 Å². The smallest absolute Gasteiger partial charge is 0.195 e. The average Bonchev–Trinajstić information content (AvgIpc) is 3.18. The van der Waals surface area contributed by atoms with E-state index in [-0.39, 0.29) is 43.1 Å². The molecule has 2 aliphatic heterocycles. The van der Waals surface area contributed by atoms with Crippen LogP contribution >= 0.6 is 0 Å². The first kappa shape index (κ1) is 21.3. The fourth-order valence-electron chi connectivity index (χ4n) is 4.21. The molecule has 6 nitrogen and oxygen atoms in total. The molecule has 0 bridgehead atoms. The Morgan fingerprint density at radius 1 is 1.35 bits per heavy atom. The molecule has 3 heterocycles. The molecule has 1 aromatic carbocycles. The Labute approximate surface area is 177 Å². The number of pyridine rings is 1. The first-order valence-electron chi connectivity index (χ1n) is 9.82. The average molecular weight is 433 g/mol. The van der Waals surface area contributed by atoms with Crippen molar-refractivity contribution in [3.05, 3.63) is 59.2 Å². The fraction of sp³-hybridized carbons (Fsp3) is 0.409. The maximum absolute atomic E-state index is 14.9. The summed E-state index contributed by atoms with van der Waals surface area (Å²) in [5.74, 6) is -1.39. The summed E-state index contributed by atoms with van der Waals surface area (Å²) in [6.45, 7) is -1.20. The van der Waals surface area contributed by atoms with Crippen LogP contribution in [0.3, 0.4) is 0 Å². The third kappa shape index (κ3) is 3.67. The third-order valence-electron chi connectivity index (χ3n) is 6.00. The van der Waals surface area contributed by atoms with Gasteiger partial charge in [-0.15, -0.1) is 0 Å². The van der Waals surface area contributed by atoms with Gasteiger partial charge in [-0.1, -0.05) is 6.07 Å². The summed E-state index contributed by atoms with van der Waals surface area (Å²) >= 11 is 0. The molecule has 1 aromatic heterocycles. The van der Waals surface area contributed by atoms with Crippen molar-refractivity contribution in [1.82, 2.24) is 4.98 Å². The highest BCUT2D eigenvalue weighted by molar-refractivity contribution is 5.95. The van der Waals surface area contributed by atoms with Gasteiger partial charge in [0.2, 0.25) is 0 Å². The van der Waals surface area contributed by atoms with E-state index in [0.717, 1.165) is 0 Å². The second-order valence-electron chi connectivity index (χ2n) is 7.93. The van der Waals surface area contributed by atoms with Gasteiger partial charge in [0.05, 0.1) is 26.5 Å². The monoisotopic (exact) mass is 433 g/mol. The highest BCUT2D eigenvalue weighted by atomic mass is 19.2. The van der Waals surface area contributed by atoms with Gasteiger partial charge in [-0.05, 0) is 36.2 Å². The highest BCUT2D eigenvalue weighted by Gasteiger charge is 2.56. The van der Waals surface area contributed by atoms with Crippen LogP contribution in [-0.4, -0.2) is 49.3 Å². The first-order valence-corrected chi connectivity index (χ1v) is 9.82. The number of aliphatic imine (C=N–C) groups is 1. The SMILES string of the molecule is COc1ccc(C(=O)Cc2ccc(F)c([C@]34COC[C@H]3C[C@](F)(CF)C(N)=N4)c2)nc1. The zero-order valence-corrected chi connectivity index (χ0v) is 16.9. The van der Waals surface area contributed by atoms with E-state index in [2.05, 4.69) is 9.98 Å². The molecule has 2 N–H and O–H groups in total. The van der Waals surface area contributed by atoms with E-state index < -0.39 is 35.5 Å². The van der Waals surface area contributed by atoms with Crippen LogP contribution in [0.4, 0.5) is 13.2 Å². The van der Waals surface area contributed by atoms with Gasteiger partial charge in [-0.3, -0.25) is 9.79 Å². The van der Waals surface area contributed by atoms with Gasteiger partial charge in [0.1, 0.15) is 35.3 Å². The second-order valence-corrected chi connectivity index (χ2v) is 7.93. The number of methoxy groups -OCH3 is 1. The first-order chi connectivity index (χ1) is 14.8. The van der Waals surface area contributed by atoms with E-state index in [1.54, 1.807) is 12.1 Å². The lowest BCUT2D eigenvalue weighted by Crippen LogP contribution is -2.53. The number of nitrogens with zero attached hydrogens (tertiary/aromatic N) is 2. The zero-order chi connectivity index (χ0) is 22.2. The molecule has 164 valence electrons. The lowest BCUT2D eigenvalue weighted by atomic mass is 9.72. The molecule has 2 aromatic rings. The predicted octanol–water partition coefficient (Wildman–Crippen LogP) is 2.94. The van der Waals surface area contributed by atoms with E-state index in [1.165, 1.54) is 31.5 Å². The normalized spacial score (nSPS) is 27.5. The molecular formula is C22H22F3N3O3. The fourth-order valence-corrected chi connectivity index (χ4v) is 4.21. The van der Waals surface area contributed by atoms with E-state index in [9.17, 15) is 18.0 Å². The molecule has 1 saturated heterocycles. The maximum Gasteiger partial charge on any atom is 0.195 e. The predicted molar refractivity (Wildman–Crippen MR) is 107 cm³/mol. The number of hydrogen-bond donors (Lipinski definition) is 1. The molecule has 2 aliphatic rings. The number of benzene rings is 1.